The highest BCUT2D eigenvalue weighted by atomic mass is 35.5. The molecule has 0 radical (unpaired) electrons. The number of amides is 14. The maximum Gasteiger partial charge on any atom is 0.326 e. The number of nitrogens with zero attached hydrogens (tertiary/aromatic N) is 13. The predicted molar refractivity (Wildman–Crippen MR) is 475 cm³/mol. The fourth-order valence-electron chi connectivity index (χ4n) is 8.40. The van der Waals surface area contributed by atoms with Crippen molar-refractivity contribution >= 4 is 247 Å². The van der Waals surface area contributed by atoms with Crippen LogP contribution >= 0.6 is 127 Å². The molecule has 0 bridgehead atoms. The third-order valence-corrected chi connectivity index (χ3v) is 17.9. The number of carbonyl (C=O) groups is 7. The van der Waals surface area contributed by atoms with Gasteiger partial charge in [0.25, 0.3) is 0 Å². The Morgan fingerprint density at radius 1 is 0.294 bits per heavy atom. The number of carbonyl (C=O) groups excluding carboxylic acids is 7. The first-order valence-electron chi connectivity index (χ1n) is 33.7. The molecule has 15 N–H and O–H groups in total. The minimum Gasteiger partial charge on any atom is -0.328 e. The minimum absolute atomic E-state index is 0.316. The number of aromatic amines is 1. The smallest absolute Gasteiger partial charge is 0.326 e. The van der Waals surface area contributed by atoms with E-state index in [-0.39, 0.29) is 36.2 Å². The van der Waals surface area contributed by atoms with Crippen molar-refractivity contribution in [1.29, 1.82) is 0 Å². The van der Waals surface area contributed by atoms with Gasteiger partial charge in [-0.05, 0) is 197 Å². The molecule has 0 fully saturated rings. The Balaban J connectivity index is 0.000000173. The maximum atomic E-state index is 11.6. The zero-order valence-electron chi connectivity index (χ0n) is 62.2. The number of pyridine rings is 8. The van der Waals surface area contributed by atoms with E-state index in [1.165, 1.54) is 89.3 Å². The molecule has 0 spiro atoms. The van der Waals surface area contributed by atoms with E-state index in [2.05, 4.69) is 142 Å². The second-order valence-electron chi connectivity index (χ2n) is 22.9. The summed E-state index contributed by atoms with van der Waals surface area (Å²) < 4.78 is 12.2. The molecule has 14 rings (SSSR count). The third-order valence-electron chi connectivity index (χ3n) is 13.2. The number of para-hydroxylation sites is 1. The van der Waals surface area contributed by atoms with Gasteiger partial charge in [0.1, 0.15) is 56.9 Å². The van der Waals surface area contributed by atoms with Gasteiger partial charge >= 0.3 is 42.2 Å². The molecule has 0 saturated carbocycles. The van der Waals surface area contributed by atoms with Crippen LogP contribution < -0.4 is 74.4 Å². The second kappa shape index (κ2) is 48.6. The number of thiazole rings is 1. The lowest BCUT2D eigenvalue weighted by atomic mass is 10.3. The third kappa shape index (κ3) is 36.8. The summed E-state index contributed by atoms with van der Waals surface area (Å²) in [5.74, 6) is 0.866. The van der Waals surface area contributed by atoms with Crippen molar-refractivity contribution in [3.05, 3.63) is 277 Å². The molecule has 13 heterocycles. The monoisotopic (exact) mass is 1820 g/mol. The van der Waals surface area contributed by atoms with Gasteiger partial charge < -0.3 is 47.5 Å². The molecule has 612 valence electrons. The van der Waals surface area contributed by atoms with Crippen molar-refractivity contribution in [1.82, 2.24) is 67.9 Å². The van der Waals surface area contributed by atoms with Gasteiger partial charge in [-0.25, -0.2) is 83.4 Å². The molecular weight excluding hydrogens is 1760 g/mol. The van der Waals surface area contributed by atoms with E-state index < -0.39 is 6.03 Å². The van der Waals surface area contributed by atoms with Crippen LogP contribution in [0.3, 0.4) is 0 Å². The van der Waals surface area contributed by atoms with Crippen LogP contribution in [-0.4, -0.2) is 110 Å². The van der Waals surface area contributed by atoms with Gasteiger partial charge in [-0.15, -0.1) is 11.3 Å². The van der Waals surface area contributed by atoms with E-state index in [1.807, 2.05) is 58.2 Å². The van der Waals surface area contributed by atoms with Crippen LogP contribution in [0.15, 0.2) is 213 Å². The van der Waals surface area contributed by atoms with Crippen molar-refractivity contribution in [3.63, 3.8) is 0 Å². The number of hydrogen-bond acceptors (Lipinski definition) is 24. The zero-order chi connectivity index (χ0) is 85.4. The van der Waals surface area contributed by atoms with Crippen molar-refractivity contribution in [2.75, 3.05) is 74.4 Å². The standard InChI is InChI=1S/C12H10ClN3O.C11H9ClN4O.C10H10ClN5O.4C10H9ClN4OS/c13-11-8-10(6-7-14-11)16-12(17)15-9-4-2-1-3-5-9;12-9-7-8(4-6-13-9)15-11(17)16-10-3-1-2-5-14-10;1-6-5-13-9(14-6)16-10(17)15-7-2-3-12-8(11)4-7;1-6-5-17-10(13-6)15-9(16)14-7-2-3-12-8(11)4-7;3*1-6-4-9(17-15-6)14-10(16)13-7-2-3-12-8(11)5-7/h1-8H,(H2,14,15,16,17);1-7H,(H2,13,14,15,16,17);2-5H,1H3,(H3,12,13,14,15,16,17);2-5H,1H3,(H2,12,13,14,15,16);3*2-5H,1H3,(H2,12,13,14,16). The average molecular weight is 1820 g/mol. The summed E-state index contributed by atoms with van der Waals surface area (Å²) in [6, 6.07) is 39.9. The topological polar surface area (TPSA) is 471 Å². The molecule has 0 unspecified atom stereocenters. The van der Waals surface area contributed by atoms with E-state index in [0.29, 0.717) is 108 Å². The number of hydrogen-bond donors (Lipinski definition) is 15. The molecule has 0 aliphatic heterocycles. The Labute approximate surface area is 729 Å². The molecular formula is C73H65Cl7N28O7S4. The van der Waals surface area contributed by atoms with Gasteiger partial charge in [0.15, 0.2) is 5.13 Å². The normalized spacial score (nSPS) is 9.92. The van der Waals surface area contributed by atoms with Gasteiger partial charge in [-0.2, -0.15) is 13.1 Å². The summed E-state index contributed by atoms with van der Waals surface area (Å²) in [5, 5.41) is 43.7. The first-order valence-corrected chi connectivity index (χ1v) is 39.6. The number of benzene rings is 1. The number of aromatic nitrogens is 14. The molecule has 119 heavy (non-hydrogen) atoms. The van der Waals surface area contributed by atoms with Crippen LogP contribution in [0.5, 0.6) is 0 Å². The first kappa shape index (κ1) is 91.6. The lowest BCUT2D eigenvalue weighted by Gasteiger charge is -2.07. The molecule has 13 aromatic heterocycles. The van der Waals surface area contributed by atoms with Crippen molar-refractivity contribution in [2.24, 2.45) is 0 Å². The maximum absolute atomic E-state index is 11.6. The molecule has 35 nitrogen and oxygen atoms in total. The summed E-state index contributed by atoms with van der Waals surface area (Å²) in [6.07, 6.45) is 13.9. The zero-order valence-corrected chi connectivity index (χ0v) is 70.7. The summed E-state index contributed by atoms with van der Waals surface area (Å²) in [5.41, 5.74) is 9.15. The lowest BCUT2D eigenvalue weighted by molar-refractivity contribution is 0.261. The average Bonchev–Trinajstić information content (AvgIpc) is 1.81. The second-order valence-corrected chi connectivity index (χ2v) is 28.9. The highest BCUT2D eigenvalue weighted by Crippen LogP contribution is 2.23. The molecule has 0 aliphatic carbocycles. The van der Waals surface area contributed by atoms with Gasteiger partial charge in [-0.3, -0.25) is 31.9 Å². The number of halogens is 7. The number of H-pyrrole nitrogens is 1. The van der Waals surface area contributed by atoms with E-state index >= 15 is 0 Å². The minimum atomic E-state index is -0.401. The van der Waals surface area contributed by atoms with E-state index in [4.69, 9.17) is 81.2 Å². The Kier molecular flexibility index (Phi) is 37.4. The lowest BCUT2D eigenvalue weighted by Crippen LogP contribution is -2.20. The number of urea groups is 7. The summed E-state index contributed by atoms with van der Waals surface area (Å²) in [6.45, 7) is 9.30. The number of nitrogens with one attached hydrogen (secondary N) is 15. The summed E-state index contributed by atoms with van der Waals surface area (Å²) in [4.78, 5) is 123. The summed E-state index contributed by atoms with van der Waals surface area (Å²) in [7, 11) is 0. The number of imidazole rings is 1. The highest BCUT2D eigenvalue weighted by Gasteiger charge is 2.13. The molecule has 0 aliphatic rings. The molecule has 14 amide bonds. The molecule has 46 heteroatoms. The van der Waals surface area contributed by atoms with Crippen LogP contribution in [0.25, 0.3) is 0 Å². The molecule has 1 aromatic carbocycles. The summed E-state index contributed by atoms with van der Waals surface area (Å²) >= 11 is 45.0. The molecule has 0 atom stereocenters. The van der Waals surface area contributed by atoms with Crippen molar-refractivity contribution in [2.45, 2.75) is 34.6 Å². The Morgan fingerprint density at radius 2 is 0.597 bits per heavy atom. The fourth-order valence-corrected chi connectivity index (χ4v) is 12.3. The number of rotatable bonds is 14. The largest absolute Gasteiger partial charge is 0.328 e. The van der Waals surface area contributed by atoms with E-state index in [1.54, 1.807) is 146 Å². The van der Waals surface area contributed by atoms with Crippen LogP contribution in [0, 0.1) is 34.6 Å². The SMILES string of the molecule is Cc1cc(NC(=O)Nc2ccnc(Cl)c2)sn1.Cc1cc(NC(=O)Nc2ccnc(Cl)c2)sn1.Cc1cc(NC(=O)Nc2ccnc(Cl)c2)sn1.Cc1cnc(NC(=O)Nc2ccnc(Cl)c2)[nH]1.Cc1csc(NC(=O)Nc2ccnc(Cl)c2)n1.O=C(Nc1ccccc1)Nc1ccnc(Cl)c1.O=C(Nc1ccnc(Cl)c1)Nc1ccccn1. The van der Waals surface area contributed by atoms with Crippen molar-refractivity contribution < 1.29 is 33.6 Å². The van der Waals surface area contributed by atoms with Crippen LogP contribution in [0.1, 0.15) is 28.5 Å². The first-order chi connectivity index (χ1) is 57.1. The Bertz CT molecular complexity index is 5000. The Hall–Kier alpha value is -12.9. The number of anilines is 14. The van der Waals surface area contributed by atoms with Crippen molar-refractivity contribution in [3.8, 4) is 0 Å². The van der Waals surface area contributed by atoms with Crippen LogP contribution in [0.2, 0.25) is 36.1 Å². The van der Waals surface area contributed by atoms with Gasteiger partial charge in [0.05, 0.1) is 22.8 Å². The Morgan fingerprint density at radius 3 is 0.874 bits per heavy atom. The highest BCUT2D eigenvalue weighted by molar-refractivity contribution is 7.14. The van der Waals surface area contributed by atoms with Gasteiger partial charge in [-0.1, -0.05) is 105 Å². The van der Waals surface area contributed by atoms with E-state index in [9.17, 15) is 33.6 Å². The van der Waals surface area contributed by atoms with Crippen LogP contribution in [0.4, 0.5) is 111 Å². The quantitative estimate of drug-likeness (QED) is 0.0450. The van der Waals surface area contributed by atoms with Gasteiger partial charge in [0, 0.05) is 112 Å². The van der Waals surface area contributed by atoms with E-state index in [0.717, 1.165) is 34.2 Å². The number of aryl methyl sites for hydroxylation is 5. The molecule has 0 saturated heterocycles. The van der Waals surface area contributed by atoms with Crippen LogP contribution in [-0.2, 0) is 0 Å². The van der Waals surface area contributed by atoms with Gasteiger partial charge in [0.2, 0.25) is 5.95 Å². The predicted octanol–water partition coefficient (Wildman–Crippen LogP) is 21.1. The molecule has 14 aromatic rings. The fraction of sp³-hybridized carbons (Fsp3) is 0.0685.